The first-order valence-corrected chi connectivity index (χ1v) is 7.07. The normalized spacial score (nSPS) is 18.0. The molecule has 19 heavy (non-hydrogen) atoms. The summed E-state index contributed by atoms with van der Waals surface area (Å²) in [5.41, 5.74) is 4.58. The van der Waals surface area contributed by atoms with Crippen LogP contribution in [0.4, 0.5) is 0 Å². The van der Waals surface area contributed by atoms with Crippen molar-refractivity contribution in [3.63, 3.8) is 0 Å². The van der Waals surface area contributed by atoms with E-state index in [9.17, 15) is 0 Å². The lowest BCUT2D eigenvalue weighted by Crippen LogP contribution is -2.01. The van der Waals surface area contributed by atoms with Gasteiger partial charge in [0.05, 0.1) is 5.71 Å². The SMILES string of the molecule is Cc1ccc([C@H]2CC(c3ccc(Br)cc3)=NO2)cc1. The quantitative estimate of drug-likeness (QED) is 0.792. The number of hydrogen-bond donors (Lipinski definition) is 0. The van der Waals surface area contributed by atoms with Crippen LogP contribution in [0.25, 0.3) is 0 Å². The van der Waals surface area contributed by atoms with Crippen molar-refractivity contribution in [3.05, 3.63) is 69.7 Å². The number of oxime groups is 1. The highest BCUT2D eigenvalue weighted by molar-refractivity contribution is 9.10. The summed E-state index contributed by atoms with van der Waals surface area (Å²) in [6, 6.07) is 16.6. The maximum atomic E-state index is 5.55. The van der Waals surface area contributed by atoms with Crippen molar-refractivity contribution >= 4 is 21.6 Å². The molecule has 0 radical (unpaired) electrons. The Hall–Kier alpha value is -1.61. The lowest BCUT2D eigenvalue weighted by atomic mass is 10.00. The van der Waals surface area contributed by atoms with Gasteiger partial charge < -0.3 is 4.84 Å². The van der Waals surface area contributed by atoms with Gasteiger partial charge in [0.2, 0.25) is 0 Å². The Morgan fingerprint density at radius 1 is 1.05 bits per heavy atom. The van der Waals surface area contributed by atoms with E-state index in [1.165, 1.54) is 11.1 Å². The van der Waals surface area contributed by atoms with Crippen molar-refractivity contribution in [2.24, 2.45) is 5.16 Å². The Morgan fingerprint density at radius 2 is 1.74 bits per heavy atom. The molecule has 96 valence electrons. The zero-order chi connectivity index (χ0) is 13.2. The van der Waals surface area contributed by atoms with Crippen molar-refractivity contribution in [1.29, 1.82) is 0 Å². The van der Waals surface area contributed by atoms with Crippen LogP contribution >= 0.6 is 15.9 Å². The number of rotatable bonds is 2. The van der Waals surface area contributed by atoms with Crippen molar-refractivity contribution in [2.45, 2.75) is 19.4 Å². The van der Waals surface area contributed by atoms with Crippen LogP contribution in [0.1, 0.15) is 29.2 Å². The van der Waals surface area contributed by atoms with E-state index in [1.54, 1.807) is 0 Å². The van der Waals surface area contributed by atoms with E-state index in [1.807, 2.05) is 12.1 Å². The lowest BCUT2D eigenvalue weighted by Gasteiger charge is -2.08. The molecule has 0 saturated heterocycles. The topological polar surface area (TPSA) is 21.6 Å². The Labute approximate surface area is 121 Å². The van der Waals surface area contributed by atoms with Gasteiger partial charge in [0.15, 0.2) is 6.10 Å². The summed E-state index contributed by atoms with van der Waals surface area (Å²) >= 11 is 3.44. The Kier molecular flexibility index (Phi) is 3.38. The molecular weight excluding hydrogens is 302 g/mol. The molecule has 1 aliphatic rings. The van der Waals surface area contributed by atoms with Gasteiger partial charge in [-0.05, 0) is 30.2 Å². The van der Waals surface area contributed by atoms with Crippen LogP contribution in [0.15, 0.2) is 58.2 Å². The third-order valence-electron chi connectivity index (χ3n) is 3.30. The largest absolute Gasteiger partial charge is 0.387 e. The van der Waals surface area contributed by atoms with Crippen molar-refractivity contribution in [2.75, 3.05) is 0 Å². The van der Waals surface area contributed by atoms with Gasteiger partial charge in [-0.25, -0.2) is 0 Å². The van der Waals surface area contributed by atoms with Gasteiger partial charge in [0, 0.05) is 10.9 Å². The first-order valence-electron chi connectivity index (χ1n) is 6.27. The molecule has 0 N–H and O–H groups in total. The fourth-order valence-electron chi connectivity index (χ4n) is 2.15. The molecule has 1 heterocycles. The van der Waals surface area contributed by atoms with Crippen LogP contribution in [-0.2, 0) is 4.84 Å². The smallest absolute Gasteiger partial charge is 0.158 e. The minimum Gasteiger partial charge on any atom is -0.387 e. The Balaban J connectivity index is 1.76. The first kappa shape index (κ1) is 12.4. The second-order valence-corrected chi connectivity index (χ2v) is 5.67. The molecule has 0 aromatic heterocycles. The number of benzene rings is 2. The minimum atomic E-state index is 0.0410. The molecule has 3 rings (SSSR count). The highest BCUT2D eigenvalue weighted by Crippen LogP contribution is 2.29. The Bertz CT molecular complexity index is 602. The zero-order valence-electron chi connectivity index (χ0n) is 10.6. The molecule has 3 heteroatoms. The maximum absolute atomic E-state index is 5.55. The lowest BCUT2D eigenvalue weighted by molar-refractivity contribution is 0.0857. The first-order chi connectivity index (χ1) is 9.22. The molecule has 2 nitrogen and oxygen atoms in total. The van der Waals surface area contributed by atoms with Gasteiger partial charge in [-0.15, -0.1) is 0 Å². The molecular formula is C16H14BrNO. The van der Waals surface area contributed by atoms with Gasteiger partial charge in [-0.1, -0.05) is 63.0 Å². The fourth-order valence-corrected chi connectivity index (χ4v) is 2.41. The summed E-state index contributed by atoms with van der Waals surface area (Å²) in [6.07, 6.45) is 0.865. The summed E-state index contributed by atoms with van der Waals surface area (Å²) in [4.78, 5) is 5.55. The van der Waals surface area contributed by atoms with Crippen LogP contribution in [0, 0.1) is 6.92 Å². The van der Waals surface area contributed by atoms with E-state index in [0.29, 0.717) is 0 Å². The van der Waals surface area contributed by atoms with Gasteiger partial charge in [-0.3, -0.25) is 0 Å². The van der Waals surface area contributed by atoms with E-state index in [-0.39, 0.29) is 6.10 Å². The predicted molar refractivity (Wildman–Crippen MR) is 80.3 cm³/mol. The van der Waals surface area contributed by atoms with Crippen molar-refractivity contribution in [1.82, 2.24) is 0 Å². The van der Waals surface area contributed by atoms with Crippen LogP contribution in [0.5, 0.6) is 0 Å². The third-order valence-corrected chi connectivity index (χ3v) is 3.82. The van der Waals surface area contributed by atoms with Crippen LogP contribution in [0.3, 0.4) is 0 Å². The third kappa shape index (κ3) is 2.71. The monoisotopic (exact) mass is 315 g/mol. The molecule has 1 atom stereocenters. The van der Waals surface area contributed by atoms with Crippen molar-refractivity contribution < 1.29 is 4.84 Å². The van der Waals surface area contributed by atoms with E-state index in [2.05, 4.69) is 64.4 Å². The average Bonchev–Trinajstić information content (AvgIpc) is 2.90. The maximum Gasteiger partial charge on any atom is 0.158 e. The predicted octanol–water partition coefficient (Wildman–Crippen LogP) is 4.62. The number of halogens is 1. The Morgan fingerprint density at radius 3 is 2.42 bits per heavy atom. The van der Waals surface area contributed by atoms with Gasteiger partial charge in [0.1, 0.15) is 0 Å². The second-order valence-electron chi connectivity index (χ2n) is 4.75. The fraction of sp³-hybridized carbons (Fsp3) is 0.188. The zero-order valence-corrected chi connectivity index (χ0v) is 12.2. The number of hydrogen-bond acceptors (Lipinski definition) is 2. The van der Waals surface area contributed by atoms with Crippen LogP contribution in [-0.4, -0.2) is 5.71 Å². The summed E-state index contributed by atoms with van der Waals surface area (Å²) in [7, 11) is 0. The highest BCUT2D eigenvalue weighted by atomic mass is 79.9. The van der Waals surface area contributed by atoms with E-state index in [4.69, 9.17) is 4.84 Å². The van der Waals surface area contributed by atoms with E-state index in [0.717, 1.165) is 22.2 Å². The molecule has 0 bridgehead atoms. The number of nitrogens with zero attached hydrogens (tertiary/aromatic N) is 1. The van der Waals surface area contributed by atoms with Crippen LogP contribution in [0.2, 0.25) is 0 Å². The molecule has 0 saturated carbocycles. The van der Waals surface area contributed by atoms with Crippen molar-refractivity contribution in [3.8, 4) is 0 Å². The molecule has 1 aliphatic heterocycles. The number of aryl methyl sites for hydroxylation is 1. The molecule has 0 fully saturated rings. The molecule has 0 spiro atoms. The summed E-state index contributed by atoms with van der Waals surface area (Å²) < 4.78 is 1.07. The standard InChI is InChI=1S/C16H14BrNO/c1-11-2-4-13(5-3-11)16-10-15(18-19-16)12-6-8-14(17)9-7-12/h2-9,16H,10H2,1H3/t16-/m1/s1. The molecule has 0 aliphatic carbocycles. The van der Waals surface area contributed by atoms with E-state index < -0.39 is 0 Å². The van der Waals surface area contributed by atoms with Crippen LogP contribution < -0.4 is 0 Å². The summed E-state index contributed by atoms with van der Waals surface area (Å²) in [5, 5.41) is 4.22. The summed E-state index contributed by atoms with van der Waals surface area (Å²) in [6.45, 7) is 2.09. The average molecular weight is 316 g/mol. The minimum absolute atomic E-state index is 0.0410. The summed E-state index contributed by atoms with van der Waals surface area (Å²) in [5.74, 6) is 0. The molecule has 2 aromatic carbocycles. The van der Waals surface area contributed by atoms with E-state index >= 15 is 0 Å². The highest BCUT2D eigenvalue weighted by Gasteiger charge is 2.23. The van der Waals surface area contributed by atoms with Gasteiger partial charge in [-0.2, -0.15) is 0 Å². The molecule has 2 aromatic rings. The van der Waals surface area contributed by atoms with Gasteiger partial charge in [0.25, 0.3) is 0 Å². The molecule has 0 amide bonds. The van der Waals surface area contributed by atoms with Gasteiger partial charge >= 0.3 is 0 Å². The second kappa shape index (κ2) is 5.17. The molecule has 0 unspecified atom stereocenters.